The Balaban J connectivity index is 2.52. The van der Waals surface area contributed by atoms with Crippen LogP contribution in [0.3, 0.4) is 0 Å². The van der Waals surface area contributed by atoms with Gasteiger partial charge in [0.05, 0.1) is 23.5 Å². The fourth-order valence-electron chi connectivity index (χ4n) is 1.94. The molecule has 114 valence electrons. The number of anilines is 1. The van der Waals surface area contributed by atoms with E-state index >= 15 is 0 Å². The van der Waals surface area contributed by atoms with Gasteiger partial charge in [0.25, 0.3) is 0 Å². The first-order chi connectivity index (χ1) is 10.3. The Bertz CT molecular complexity index is 740. The minimum atomic E-state index is -0.950. The molecular weight excluding hydrogens is 310 g/mol. The summed E-state index contributed by atoms with van der Waals surface area (Å²) in [6.07, 6.45) is 2.25. The molecule has 0 unspecified atom stereocenters. The highest BCUT2D eigenvalue weighted by Gasteiger charge is 2.28. The molecule has 1 aromatic carbocycles. The number of halogens is 1. The molecule has 0 aliphatic heterocycles. The van der Waals surface area contributed by atoms with Crippen LogP contribution in [0.4, 0.5) is 10.5 Å². The molecule has 0 atom stereocenters. The van der Waals surface area contributed by atoms with Gasteiger partial charge in [-0.1, -0.05) is 11.6 Å². The maximum absolute atomic E-state index is 12.1. The number of ketones is 1. The van der Waals surface area contributed by atoms with Crippen LogP contribution in [-0.4, -0.2) is 29.7 Å². The monoisotopic (exact) mass is 321 g/mol. The average Bonchev–Trinajstić information content (AvgIpc) is 2.44. The van der Waals surface area contributed by atoms with E-state index in [2.05, 4.69) is 0 Å². The van der Waals surface area contributed by atoms with Crippen molar-refractivity contribution in [1.82, 2.24) is 0 Å². The van der Waals surface area contributed by atoms with E-state index < -0.39 is 11.8 Å². The zero-order valence-electron chi connectivity index (χ0n) is 11.5. The molecule has 0 heterocycles. The van der Waals surface area contributed by atoms with Crippen LogP contribution in [-0.2, 0) is 9.53 Å². The molecule has 2 rings (SSSR count). The summed E-state index contributed by atoms with van der Waals surface area (Å²) in [6.45, 7) is 0. The first kappa shape index (κ1) is 15.6. The number of benzene rings is 1. The summed E-state index contributed by atoms with van der Waals surface area (Å²) in [4.78, 5) is 24.8. The van der Waals surface area contributed by atoms with E-state index in [1.54, 1.807) is 0 Å². The Hall–Kier alpha value is -2.80. The van der Waals surface area contributed by atoms with Crippen molar-refractivity contribution in [2.45, 2.75) is 0 Å². The number of hydrogen-bond acceptors (Lipinski definition) is 5. The van der Waals surface area contributed by atoms with Gasteiger partial charge in [0, 0.05) is 12.1 Å². The Morgan fingerprint density at radius 3 is 2.64 bits per heavy atom. The number of rotatable bonds is 3. The molecule has 1 aliphatic carbocycles. The molecule has 4 N–H and O–H groups in total. The number of methoxy groups -OCH3 is 1. The summed E-state index contributed by atoms with van der Waals surface area (Å²) >= 11 is 5.99. The number of carbonyl (C=O) groups is 2. The first-order valence-electron chi connectivity index (χ1n) is 6.04. The summed E-state index contributed by atoms with van der Waals surface area (Å²) in [5.41, 5.74) is 5.23. The van der Waals surface area contributed by atoms with E-state index in [1.165, 1.54) is 25.3 Å². The van der Waals surface area contributed by atoms with Gasteiger partial charge in [-0.25, -0.2) is 4.79 Å². The van der Waals surface area contributed by atoms with Gasteiger partial charge >= 0.3 is 6.03 Å². The molecule has 1 aliphatic rings. The fourth-order valence-corrected chi connectivity index (χ4v) is 2.20. The van der Waals surface area contributed by atoms with Gasteiger partial charge in [-0.3, -0.25) is 15.1 Å². The van der Waals surface area contributed by atoms with Crippen molar-refractivity contribution < 1.29 is 19.4 Å². The third-order valence-corrected chi connectivity index (χ3v) is 3.22. The summed E-state index contributed by atoms with van der Waals surface area (Å²) in [5.74, 6) is -0.581. The van der Waals surface area contributed by atoms with E-state index in [0.717, 1.165) is 17.1 Å². The lowest BCUT2D eigenvalue weighted by atomic mass is 10.1. The number of allylic oxidation sites excluding steroid dienone is 2. The number of aromatic hydroxyl groups is 1. The summed E-state index contributed by atoms with van der Waals surface area (Å²) < 4.78 is 4.88. The maximum atomic E-state index is 12.1. The van der Waals surface area contributed by atoms with Crippen molar-refractivity contribution in [3.8, 4) is 5.75 Å². The van der Waals surface area contributed by atoms with Crippen LogP contribution in [0, 0.1) is 5.41 Å². The number of hydrogen-bond donors (Lipinski definition) is 3. The van der Waals surface area contributed by atoms with Crippen molar-refractivity contribution in [3.05, 3.63) is 46.8 Å². The van der Waals surface area contributed by atoms with Crippen LogP contribution in [0.25, 0.3) is 0 Å². The van der Waals surface area contributed by atoms with Crippen LogP contribution in [0.2, 0.25) is 5.02 Å². The molecule has 0 radical (unpaired) electrons. The second kappa shape index (κ2) is 5.90. The normalized spacial score (nSPS) is 14.3. The zero-order valence-corrected chi connectivity index (χ0v) is 12.2. The lowest BCUT2D eigenvalue weighted by Crippen LogP contribution is -2.39. The fraction of sp³-hybridized carbons (Fsp3) is 0.0714. The predicted molar refractivity (Wildman–Crippen MR) is 81.1 cm³/mol. The molecule has 1 aromatic rings. The third kappa shape index (κ3) is 2.79. The van der Waals surface area contributed by atoms with E-state index in [4.69, 9.17) is 27.5 Å². The molecule has 0 saturated carbocycles. The number of phenolic OH excluding ortho intramolecular Hbond substituents is 1. The van der Waals surface area contributed by atoms with Crippen LogP contribution in [0.5, 0.6) is 5.75 Å². The van der Waals surface area contributed by atoms with Crippen molar-refractivity contribution in [2.24, 2.45) is 5.73 Å². The van der Waals surface area contributed by atoms with Gasteiger partial charge < -0.3 is 15.6 Å². The highest BCUT2D eigenvalue weighted by Crippen LogP contribution is 2.32. The van der Waals surface area contributed by atoms with Crippen LogP contribution in [0.1, 0.15) is 0 Å². The summed E-state index contributed by atoms with van der Waals surface area (Å²) in [6, 6.07) is 2.90. The Labute approximate surface area is 130 Å². The Kier molecular flexibility index (Phi) is 4.18. The topological polar surface area (TPSA) is 117 Å². The smallest absolute Gasteiger partial charge is 0.324 e. The molecule has 8 heteroatoms. The zero-order chi connectivity index (χ0) is 16.4. The van der Waals surface area contributed by atoms with Crippen molar-refractivity contribution in [2.75, 3.05) is 12.0 Å². The highest BCUT2D eigenvalue weighted by atomic mass is 35.5. The summed E-state index contributed by atoms with van der Waals surface area (Å²) in [7, 11) is 1.33. The first-order valence-corrected chi connectivity index (χ1v) is 6.41. The van der Waals surface area contributed by atoms with Gasteiger partial charge in [0.2, 0.25) is 5.78 Å². The van der Waals surface area contributed by atoms with E-state index in [-0.39, 0.29) is 33.6 Å². The SMILES string of the molecule is COC1=CC(=O)C(N(C(N)=O)c2ccc(O)cc2Cl)=CC1=N. The lowest BCUT2D eigenvalue weighted by Gasteiger charge is -2.25. The van der Waals surface area contributed by atoms with Crippen molar-refractivity contribution >= 4 is 34.8 Å². The van der Waals surface area contributed by atoms with Crippen molar-refractivity contribution in [1.29, 1.82) is 5.41 Å². The average molecular weight is 322 g/mol. The van der Waals surface area contributed by atoms with Crippen LogP contribution >= 0.6 is 11.6 Å². The number of nitrogens with two attached hydrogens (primary N) is 1. The van der Waals surface area contributed by atoms with Crippen LogP contribution < -0.4 is 10.6 Å². The number of amides is 2. The summed E-state index contributed by atoms with van der Waals surface area (Å²) in [5, 5.41) is 17.2. The van der Waals surface area contributed by atoms with Gasteiger partial charge in [0.15, 0.2) is 0 Å². The molecular formula is C14H12ClN3O4. The minimum absolute atomic E-state index is 0.0283. The van der Waals surface area contributed by atoms with Crippen LogP contribution in [0.15, 0.2) is 41.8 Å². The molecule has 0 aromatic heterocycles. The molecule has 2 amide bonds. The van der Waals surface area contributed by atoms with Gasteiger partial charge in [0.1, 0.15) is 17.2 Å². The third-order valence-electron chi connectivity index (χ3n) is 2.91. The lowest BCUT2D eigenvalue weighted by molar-refractivity contribution is -0.111. The van der Waals surface area contributed by atoms with E-state index in [0.29, 0.717) is 0 Å². The van der Waals surface area contributed by atoms with Gasteiger partial charge in [-0.05, 0) is 18.2 Å². The largest absolute Gasteiger partial charge is 0.508 e. The number of carbonyl (C=O) groups excluding carboxylic acids is 2. The molecule has 0 bridgehead atoms. The molecule has 0 saturated heterocycles. The highest BCUT2D eigenvalue weighted by molar-refractivity contribution is 6.34. The number of nitrogens with zero attached hydrogens (tertiary/aromatic N) is 1. The Morgan fingerprint density at radius 1 is 1.41 bits per heavy atom. The number of phenols is 1. The maximum Gasteiger partial charge on any atom is 0.324 e. The second-order valence-electron chi connectivity index (χ2n) is 4.33. The molecule has 0 spiro atoms. The minimum Gasteiger partial charge on any atom is -0.508 e. The standard InChI is InChI=1S/C14H12ClN3O4/c1-22-13-6-12(20)11(5-9(13)16)18(14(17)21)10-3-2-7(19)4-8(10)15/h2-6,16,19H,1H3,(H2,17,21). The molecule has 22 heavy (non-hydrogen) atoms. The van der Waals surface area contributed by atoms with Gasteiger partial charge in [-0.15, -0.1) is 0 Å². The number of primary amides is 1. The molecule has 0 fully saturated rings. The predicted octanol–water partition coefficient (Wildman–Crippen LogP) is 1.95. The molecule has 7 nitrogen and oxygen atoms in total. The number of ether oxygens (including phenoxy) is 1. The Morgan fingerprint density at radius 2 is 2.09 bits per heavy atom. The van der Waals surface area contributed by atoms with Crippen molar-refractivity contribution in [3.63, 3.8) is 0 Å². The number of nitrogens with one attached hydrogen (secondary N) is 1. The quantitative estimate of drug-likeness (QED) is 0.737. The van der Waals surface area contributed by atoms with E-state index in [1.807, 2.05) is 0 Å². The van der Waals surface area contributed by atoms with Gasteiger partial charge in [-0.2, -0.15) is 0 Å². The number of urea groups is 1. The second-order valence-corrected chi connectivity index (χ2v) is 4.74. The van der Waals surface area contributed by atoms with E-state index in [9.17, 15) is 14.7 Å².